The van der Waals surface area contributed by atoms with Gasteiger partial charge in [-0.25, -0.2) is 4.79 Å². The Hall–Kier alpha value is -2.07. The lowest BCUT2D eigenvalue weighted by atomic mass is 10.0. The Morgan fingerprint density at radius 2 is 1.96 bits per heavy atom. The maximum absolute atomic E-state index is 12.1. The van der Waals surface area contributed by atoms with Crippen LogP contribution in [-0.2, 0) is 11.2 Å². The largest absolute Gasteiger partial charge is 0.444 e. The van der Waals surface area contributed by atoms with Crippen molar-refractivity contribution < 1.29 is 9.53 Å². The van der Waals surface area contributed by atoms with E-state index in [1.165, 1.54) is 0 Å². The van der Waals surface area contributed by atoms with E-state index in [-0.39, 0.29) is 6.04 Å². The Morgan fingerprint density at radius 1 is 1.26 bits per heavy atom. The minimum Gasteiger partial charge on any atom is -0.444 e. The van der Waals surface area contributed by atoms with Crippen molar-refractivity contribution in [1.82, 2.24) is 10.3 Å². The fraction of sp³-hybridized carbons (Fsp3) is 0.333. The Bertz CT molecular complexity index is 654. The van der Waals surface area contributed by atoms with Gasteiger partial charge in [0.1, 0.15) is 5.60 Å². The molecule has 0 aliphatic rings. The number of aromatic nitrogens is 1. The van der Waals surface area contributed by atoms with Crippen molar-refractivity contribution in [2.45, 2.75) is 38.8 Å². The summed E-state index contributed by atoms with van der Waals surface area (Å²) in [7, 11) is 0. The zero-order valence-corrected chi connectivity index (χ0v) is 14.3. The summed E-state index contributed by atoms with van der Waals surface area (Å²) in [6.07, 6.45) is 1.76. The smallest absolute Gasteiger partial charge is 0.408 e. The lowest BCUT2D eigenvalue weighted by Crippen LogP contribution is -2.36. The molecule has 1 amide bonds. The number of hydrogen-bond donors (Lipinski definition) is 1. The molecule has 0 saturated carbocycles. The van der Waals surface area contributed by atoms with E-state index in [9.17, 15) is 4.79 Å². The van der Waals surface area contributed by atoms with Gasteiger partial charge in [-0.05, 0) is 44.9 Å². The quantitative estimate of drug-likeness (QED) is 0.894. The van der Waals surface area contributed by atoms with Crippen molar-refractivity contribution in [3.8, 4) is 0 Å². The number of carbonyl (C=O) groups is 1. The predicted octanol–water partition coefficient (Wildman–Crippen LogP) is 4.54. The van der Waals surface area contributed by atoms with Crippen LogP contribution in [0, 0.1) is 0 Å². The van der Waals surface area contributed by atoms with Crippen LogP contribution in [-0.4, -0.2) is 16.7 Å². The van der Waals surface area contributed by atoms with Gasteiger partial charge in [0.05, 0.1) is 11.7 Å². The summed E-state index contributed by atoms with van der Waals surface area (Å²) < 4.78 is 5.35. The normalized spacial score (nSPS) is 12.5. The van der Waals surface area contributed by atoms with Crippen LogP contribution >= 0.6 is 11.6 Å². The van der Waals surface area contributed by atoms with E-state index in [4.69, 9.17) is 16.3 Å². The molecule has 0 fully saturated rings. The predicted molar refractivity (Wildman–Crippen MR) is 91.5 cm³/mol. The highest BCUT2D eigenvalue weighted by atomic mass is 35.5. The molecule has 2 aromatic rings. The summed E-state index contributed by atoms with van der Waals surface area (Å²) >= 11 is 6.05. The second-order valence-corrected chi connectivity index (χ2v) is 6.72. The third-order valence-corrected chi connectivity index (χ3v) is 3.31. The highest BCUT2D eigenvalue weighted by Gasteiger charge is 2.21. The summed E-state index contributed by atoms with van der Waals surface area (Å²) in [5.74, 6) is 0. The zero-order chi connectivity index (χ0) is 16.9. The molecule has 1 unspecified atom stereocenters. The number of halogens is 1. The summed E-state index contributed by atoms with van der Waals surface area (Å²) in [5, 5.41) is 3.47. The number of pyridine rings is 1. The molecule has 0 radical (unpaired) electrons. The first kappa shape index (κ1) is 17.3. The van der Waals surface area contributed by atoms with Gasteiger partial charge in [-0.15, -0.1) is 0 Å². The first-order valence-electron chi connectivity index (χ1n) is 7.48. The van der Waals surface area contributed by atoms with Gasteiger partial charge in [-0.1, -0.05) is 41.9 Å². The van der Waals surface area contributed by atoms with E-state index in [0.717, 1.165) is 5.56 Å². The molecule has 0 aliphatic heterocycles. The molecule has 0 bridgehead atoms. The Balaban J connectivity index is 2.19. The van der Waals surface area contributed by atoms with Crippen LogP contribution in [0.3, 0.4) is 0 Å². The molecule has 1 N–H and O–H groups in total. The second kappa shape index (κ2) is 7.47. The van der Waals surface area contributed by atoms with Crippen molar-refractivity contribution >= 4 is 17.7 Å². The first-order chi connectivity index (χ1) is 10.8. The van der Waals surface area contributed by atoms with Crippen LogP contribution in [0.25, 0.3) is 0 Å². The molecule has 0 aliphatic carbocycles. The molecule has 1 aromatic heterocycles. The van der Waals surface area contributed by atoms with Gasteiger partial charge in [-0.2, -0.15) is 0 Å². The fourth-order valence-corrected chi connectivity index (χ4v) is 2.31. The van der Waals surface area contributed by atoms with Gasteiger partial charge in [0.25, 0.3) is 0 Å². The van der Waals surface area contributed by atoms with Crippen molar-refractivity contribution in [1.29, 1.82) is 0 Å². The van der Waals surface area contributed by atoms with Gasteiger partial charge in [0.15, 0.2) is 0 Å². The number of amides is 1. The van der Waals surface area contributed by atoms with Crippen LogP contribution < -0.4 is 5.32 Å². The number of hydrogen-bond acceptors (Lipinski definition) is 3. The van der Waals surface area contributed by atoms with Gasteiger partial charge in [0, 0.05) is 11.2 Å². The molecule has 4 nitrogen and oxygen atoms in total. The molecule has 122 valence electrons. The maximum atomic E-state index is 12.1. The third-order valence-electron chi connectivity index (χ3n) is 3.07. The average molecular weight is 333 g/mol. The highest BCUT2D eigenvalue weighted by molar-refractivity contribution is 6.30. The lowest BCUT2D eigenvalue weighted by molar-refractivity contribution is 0.0502. The molecule has 1 heterocycles. The molecular weight excluding hydrogens is 312 g/mol. The van der Waals surface area contributed by atoms with Gasteiger partial charge < -0.3 is 10.1 Å². The second-order valence-electron chi connectivity index (χ2n) is 6.29. The molecule has 23 heavy (non-hydrogen) atoms. The number of ether oxygens (including phenoxy) is 1. The minimum atomic E-state index is -0.552. The maximum Gasteiger partial charge on any atom is 0.408 e. The van der Waals surface area contributed by atoms with Crippen LogP contribution in [0.4, 0.5) is 4.79 Å². The van der Waals surface area contributed by atoms with E-state index in [2.05, 4.69) is 10.3 Å². The number of benzene rings is 1. The van der Waals surface area contributed by atoms with E-state index in [0.29, 0.717) is 17.1 Å². The molecular formula is C18H21ClN2O2. The molecule has 5 heteroatoms. The van der Waals surface area contributed by atoms with Gasteiger partial charge in [0.2, 0.25) is 0 Å². The fourth-order valence-electron chi connectivity index (χ4n) is 2.14. The number of rotatable bonds is 4. The standard InChI is InChI=1S/C18H21ClN2O2/c1-18(2,3)23-17(22)21-16(11-13-7-5-4-6-8-13)15-12-14(19)9-10-20-15/h4-10,12,16H,11H2,1-3H3,(H,21,22). The average Bonchev–Trinajstić information content (AvgIpc) is 2.45. The topological polar surface area (TPSA) is 51.2 Å². The van der Waals surface area contributed by atoms with E-state index in [1.807, 2.05) is 51.1 Å². The number of nitrogens with one attached hydrogen (secondary N) is 1. The monoisotopic (exact) mass is 332 g/mol. The van der Waals surface area contributed by atoms with Crippen LogP contribution in [0.2, 0.25) is 5.02 Å². The summed E-state index contributed by atoms with van der Waals surface area (Å²) in [6, 6.07) is 13.0. The van der Waals surface area contributed by atoms with E-state index >= 15 is 0 Å². The van der Waals surface area contributed by atoms with Crippen LogP contribution in [0.1, 0.15) is 38.1 Å². The zero-order valence-electron chi connectivity index (χ0n) is 13.5. The SMILES string of the molecule is CC(C)(C)OC(=O)NC(Cc1ccccc1)c1cc(Cl)ccn1. The molecule has 0 spiro atoms. The number of nitrogens with zero attached hydrogens (tertiary/aromatic N) is 1. The van der Waals surface area contributed by atoms with Crippen molar-refractivity contribution in [2.24, 2.45) is 0 Å². The Morgan fingerprint density at radius 3 is 2.57 bits per heavy atom. The molecule has 1 aromatic carbocycles. The molecule has 1 atom stereocenters. The highest BCUT2D eigenvalue weighted by Crippen LogP contribution is 2.20. The third kappa shape index (κ3) is 5.91. The molecule has 2 rings (SSSR count). The molecule has 0 saturated heterocycles. The van der Waals surface area contributed by atoms with E-state index < -0.39 is 11.7 Å². The number of alkyl carbamates (subject to hydrolysis) is 1. The van der Waals surface area contributed by atoms with Crippen LogP contribution in [0.5, 0.6) is 0 Å². The van der Waals surface area contributed by atoms with Gasteiger partial charge >= 0.3 is 6.09 Å². The summed E-state index contributed by atoms with van der Waals surface area (Å²) in [6.45, 7) is 5.49. The van der Waals surface area contributed by atoms with Crippen molar-refractivity contribution in [2.75, 3.05) is 0 Å². The van der Waals surface area contributed by atoms with Crippen LogP contribution in [0.15, 0.2) is 48.7 Å². The Labute approximate surface area is 141 Å². The Kier molecular flexibility index (Phi) is 5.61. The van der Waals surface area contributed by atoms with Crippen molar-refractivity contribution in [3.63, 3.8) is 0 Å². The van der Waals surface area contributed by atoms with E-state index in [1.54, 1.807) is 18.3 Å². The summed E-state index contributed by atoms with van der Waals surface area (Å²) in [5.41, 5.74) is 1.24. The first-order valence-corrected chi connectivity index (χ1v) is 7.86. The number of carbonyl (C=O) groups excluding carboxylic acids is 1. The van der Waals surface area contributed by atoms with Crippen molar-refractivity contribution in [3.05, 3.63) is 64.9 Å². The van der Waals surface area contributed by atoms with Gasteiger partial charge in [-0.3, -0.25) is 4.98 Å². The lowest BCUT2D eigenvalue weighted by Gasteiger charge is -2.23. The summed E-state index contributed by atoms with van der Waals surface area (Å²) in [4.78, 5) is 16.5. The minimum absolute atomic E-state index is 0.314.